The molecule has 1 aliphatic rings. The summed E-state index contributed by atoms with van der Waals surface area (Å²) in [6, 6.07) is 0. The molecule has 102 valence electrons. The van der Waals surface area contributed by atoms with Crippen molar-refractivity contribution in [2.45, 2.75) is 17.1 Å². The summed E-state index contributed by atoms with van der Waals surface area (Å²) in [7, 11) is -1.75. The zero-order valence-corrected chi connectivity index (χ0v) is 12.4. The van der Waals surface area contributed by atoms with Crippen molar-refractivity contribution in [3.63, 3.8) is 0 Å². The first-order chi connectivity index (χ1) is 8.54. The van der Waals surface area contributed by atoms with Gasteiger partial charge in [0.05, 0.1) is 6.20 Å². The fourth-order valence-electron chi connectivity index (χ4n) is 2.04. The van der Waals surface area contributed by atoms with Crippen LogP contribution < -0.4 is 0 Å². The van der Waals surface area contributed by atoms with Crippen LogP contribution in [0.5, 0.6) is 0 Å². The third kappa shape index (κ3) is 3.03. The largest absolute Gasteiger partial charge is 0.384 e. The van der Waals surface area contributed by atoms with E-state index in [4.69, 9.17) is 16.3 Å². The lowest BCUT2D eigenvalue weighted by Crippen LogP contribution is -2.39. The average molecular weight is 311 g/mol. The quantitative estimate of drug-likeness (QED) is 0.851. The summed E-state index contributed by atoms with van der Waals surface area (Å²) < 4.78 is 31.6. The van der Waals surface area contributed by atoms with E-state index in [0.717, 1.165) is 24.2 Å². The Balaban J connectivity index is 2.05. The van der Waals surface area contributed by atoms with Gasteiger partial charge in [-0.25, -0.2) is 13.4 Å². The van der Waals surface area contributed by atoms with Crippen LogP contribution in [-0.4, -0.2) is 44.5 Å². The summed E-state index contributed by atoms with van der Waals surface area (Å²) in [5, 5.41) is 0. The minimum Gasteiger partial charge on any atom is -0.384 e. The molecule has 0 aliphatic carbocycles. The van der Waals surface area contributed by atoms with Gasteiger partial charge in [-0.1, -0.05) is 22.9 Å². The fraction of sp³-hybridized carbons (Fsp3) is 0.700. The molecule has 1 aliphatic heterocycles. The Morgan fingerprint density at radius 1 is 1.56 bits per heavy atom. The van der Waals surface area contributed by atoms with Gasteiger partial charge in [-0.05, 0) is 18.8 Å². The molecule has 0 N–H and O–H groups in total. The van der Waals surface area contributed by atoms with E-state index in [9.17, 15) is 8.42 Å². The molecule has 0 aromatic carbocycles. The van der Waals surface area contributed by atoms with E-state index in [-0.39, 0.29) is 8.68 Å². The number of methoxy groups -OCH3 is 1. The Hall–Kier alpha value is -0.210. The molecule has 1 aromatic heterocycles. The highest BCUT2D eigenvalue weighted by molar-refractivity contribution is 7.91. The number of nitrogens with zero attached hydrogens (tertiary/aromatic N) is 2. The van der Waals surface area contributed by atoms with E-state index in [1.807, 2.05) is 0 Å². The van der Waals surface area contributed by atoms with E-state index >= 15 is 0 Å². The van der Waals surface area contributed by atoms with Gasteiger partial charge in [0.1, 0.15) is 0 Å². The van der Waals surface area contributed by atoms with Gasteiger partial charge in [0.15, 0.2) is 8.68 Å². The lowest BCUT2D eigenvalue weighted by molar-refractivity contribution is 0.121. The second-order valence-corrected chi connectivity index (χ2v) is 8.01. The molecule has 0 amide bonds. The first-order valence-electron chi connectivity index (χ1n) is 5.64. The van der Waals surface area contributed by atoms with Crippen molar-refractivity contribution in [3.05, 3.63) is 10.7 Å². The maximum absolute atomic E-state index is 12.3. The Labute approximate surface area is 116 Å². The summed E-state index contributed by atoms with van der Waals surface area (Å²) in [4.78, 5) is 3.78. The molecule has 5 nitrogen and oxygen atoms in total. The lowest BCUT2D eigenvalue weighted by atomic mass is 9.99. The predicted octanol–water partition coefficient (Wildman–Crippen LogP) is 1.84. The molecular weight excluding hydrogens is 296 g/mol. The molecule has 1 saturated heterocycles. The topological polar surface area (TPSA) is 59.5 Å². The molecule has 1 fully saturated rings. The zero-order chi connectivity index (χ0) is 13.2. The van der Waals surface area contributed by atoms with Crippen LogP contribution in [0, 0.1) is 5.92 Å². The first kappa shape index (κ1) is 14.2. The highest BCUT2D eigenvalue weighted by atomic mass is 35.5. The first-order valence-corrected chi connectivity index (χ1v) is 8.28. The second-order valence-electron chi connectivity index (χ2n) is 4.24. The highest BCUT2D eigenvalue weighted by Gasteiger charge is 2.30. The van der Waals surface area contributed by atoms with Crippen LogP contribution in [0.1, 0.15) is 12.8 Å². The molecule has 2 rings (SSSR count). The molecule has 0 bridgehead atoms. The van der Waals surface area contributed by atoms with Gasteiger partial charge in [-0.2, -0.15) is 4.31 Å². The van der Waals surface area contributed by atoms with Crippen LogP contribution in [0.25, 0.3) is 0 Å². The number of piperidine rings is 1. The van der Waals surface area contributed by atoms with Gasteiger partial charge in [0, 0.05) is 26.8 Å². The number of halogens is 1. The number of aromatic nitrogens is 1. The van der Waals surface area contributed by atoms with E-state index in [1.165, 1.54) is 10.5 Å². The molecule has 1 aromatic rings. The van der Waals surface area contributed by atoms with Crippen molar-refractivity contribution in [1.29, 1.82) is 0 Å². The third-order valence-corrected chi connectivity index (χ3v) is 6.48. The Morgan fingerprint density at radius 2 is 2.22 bits per heavy atom. The average Bonchev–Trinajstić information content (AvgIpc) is 2.78. The van der Waals surface area contributed by atoms with Gasteiger partial charge < -0.3 is 4.74 Å². The van der Waals surface area contributed by atoms with E-state index < -0.39 is 10.0 Å². The van der Waals surface area contributed by atoms with Crippen LogP contribution in [0.2, 0.25) is 4.47 Å². The molecule has 0 radical (unpaired) electrons. The van der Waals surface area contributed by atoms with Crippen LogP contribution in [0.4, 0.5) is 0 Å². The smallest absolute Gasteiger partial charge is 0.254 e. The lowest BCUT2D eigenvalue weighted by Gasteiger charge is -2.30. The van der Waals surface area contributed by atoms with E-state index in [2.05, 4.69) is 4.98 Å². The third-order valence-electron chi connectivity index (χ3n) is 3.03. The monoisotopic (exact) mass is 310 g/mol. The SMILES string of the molecule is COCC1CCN(S(=O)(=O)c2cnc(Cl)s2)CC1. The van der Waals surface area contributed by atoms with Crippen molar-refractivity contribution in [2.24, 2.45) is 5.92 Å². The van der Waals surface area contributed by atoms with Crippen LogP contribution in [0.15, 0.2) is 10.4 Å². The summed E-state index contributed by atoms with van der Waals surface area (Å²) in [5.74, 6) is 0.450. The number of thiazole rings is 1. The molecule has 2 heterocycles. The molecule has 18 heavy (non-hydrogen) atoms. The molecule has 0 atom stereocenters. The minimum atomic E-state index is -3.42. The van der Waals surface area contributed by atoms with Gasteiger partial charge in [0.25, 0.3) is 10.0 Å². The second kappa shape index (κ2) is 5.83. The minimum absolute atomic E-state index is 0.220. The van der Waals surface area contributed by atoms with Crippen molar-refractivity contribution >= 4 is 33.0 Å². The van der Waals surface area contributed by atoms with Crippen LogP contribution in [-0.2, 0) is 14.8 Å². The number of ether oxygens (including phenoxy) is 1. The summed E-state index contributed by atoms with van der Waals surface area (Å²) >= 11 is 6.68. The van der Waals surface area contributed by atoms with Gasteiger partial charge in [0.2, 0.25) is 0 Å². The summed E-state index contributed by atoms with van der Waals surface area (Å²) in [5.41, 5.74) is 0. The van der Waals surface area contributed by atoms with Crippen LogP contribution in [0.3, 0.4) is 0 Å². The summed E-state index contributed by atoms with van der Waals surface area (Å²) in [6.07, 6.45) is 2.99. The van der Waals surface area contributed by atoms with E-state index in [1.54, 1.807) is 7.11 Å². The normalized spacial score (nSPS) is 19.2. The van der Waals surface area contributed by atoms with Crippen molar-refractivity contribution < 1.29 is 13.2 Å². The fourth-order valence-corrected chi connectivity index (χ4v) is 4.96. The molecular formula is C10H15ClN2O3S2. The molecule has 0 unspecified atom stereocenters. The Bertz CT molecular complexity index is 495. The number of sulfonamides is 1. The Morgan fingerprint density at radius 3 is 2.72 bits per heavy atom. The van der Waals surface area contributed by atoms with Crippen molar-refractivity contribution in [3.8, 4) is 0 Å². The zero-order valence-electron chi connectivity index (χ0n) is 10.0. The molecule has 0 spiro atoms. The van der Waals surface area contributed by atoms with Gasteiger partial charge >= 0.3 is 0 Å². The standard InChI is InChI=1S/C10H15ClN2O3S2/c1-16-7-8-2-4-13(5-3-8)18(14,15)9-6-12-10(11)17-9/h6,8H,2-5,7H2,1H3. The van der Waals surface area contributed by atoms with Crippen molar-refractivity contribution in [1.82, 2.24) is 9.29 Å². The maximum Gasteiger partial charge on any atom is 0.254 e. The van der Waals surface area contributed by atoms with Gasteiger partial charge in [-0.15, -0.1) is 0 Å². The summed E-state index contributed by atoms with van der Waals surface area (Å²) in [6.45, 7) is 1.76. The highest BCUT2D eigenvalue weighted by Crippen LogP contribution is 2.28. The maximum atomic E-state index is 12.3. The predicted molar refractivity (Wildman–Crippen MR) is 70.5 cm³/mol. The van der Waals surface area contributed by atoms with Crippen molar-refractivity contribution in [2.75, 3.05) is 26.8 Å². The number of rotatable bonds is 4. The molecule has 8 heteroatoms. The number of hydrogen-bond donors (Lipinski definition) is 0. The van der Waals surface area contributed by atoms with Crippen LogP contribution >= 0.6 is 22.9 Å². The Kier molecular flexibility index (Phi) is 4.60. The van der Waals surface area contributed by atoms with E-state index in [0.29, 0.717) is 25.6 Å². The molecule has 0 saturated carbocycles. The number of hydrogen-bond acceptors (Lipinski definition) is 5. The van der Waals surface area contributed by atoms with Gasteiger partial charge in [-0.3, -0.25) is 0 Å².